The molecule has 1 atom stereocenters. The van der Waals surface area contributed by atoms with Crippen molar-refractivity contribution in [3.63, 3.8) is 0 Å². The first-order valence-corrected chi connectivity index (χ1v) is 9.76. The fourth-order valence-electron chi connectivity index (χ4n) is 2.86. The van der Waals surface area contributed by atoms with Crippen molar-refractivity contribution in [3.8, 4) is 11.5 Å². The Bertz CT molecular complexity index is 865. The molecule has 0 bridgehead atoms. The van der Waals surface area contributed by atoms with Crippen LogP contribution in [0.1, 0.15) is 48.7 Å². The monoisotopic (exact) mass is 413 g/mol. The Morgan fingerprint density at radius 1 is 1.00 bits per heavy atom. The van der Waals surface area contributed by atoms with E-state index in [9.17, 15) is 14.4 Å². The van der Waals surface area contributed by atoms with Crippen LogP contribution in [0.15, 0.2) is 48.5 Å². The number of rotatable bonds is 11. The minimum atomic E-state index is -0.686. The van der Waals surface area contributed by atoms with Gasteiger partial charge in [0.2, 0.25) is 0 Å². The molecule has 1 amide bonds. The summed E-state index contributed by atoms with van der Waals surface area (Å²) >= 11 is 0. The highest BCUT2D eigenvalue weighted by Crippen LogP contribution is 2.28. The van der Waals surface area contributed by atoms with E-state index < -0.39 is 12.6 Å². The second kappa shape index (κ2) is 11.6. The van der Waals surface area contributed by atoms with E-state index in [-0.39, 0.29) is 24.3 Å². The number of benzene rings is 2. The van der Waals surface area contributed by atoms with Gasteiger partial charge in [-0.15, -0.1) is 0 Å². The Kier molecular flexibility index (Phi) is 8.87. The number of methoxy groups -OCH3 is 1. The van der Waals surface area contributed by atoms with Crippen molar-refractivity contribution in [2.45, 2.75) is 32.7 Å². The number of carbonyl (C=O) groups is 3. The number of amides is 1. The average molecular weight is 413 g/mol. The molecule has 2 aromatic carbocycles. The van der Waals surface area contributed by atoms with Gasteiger partial charge in [-0.05, 0) is 37.1 Å². The molecule has 0 aromatic heterocycles. The summed E-state index contributed by atoms with van der Waals surface area (Å²) in [6.45, 7) is 2.70. The van der Waals surface area contributed by atoms with Crippen LogP contribution >= 0.6 is 0 Å². The van der Waals surface area contributed by atoms with E-state index in [1.807, 2.05) is 37.3 Å². The second-order valence-electron chi connectivity index (χ2n) is 6.69. The number of carbonyl (C=O) groups excluding carboxylic acids is 3. The van der Waals surface area contributed by atoms with Gasteiger partial charge in [-0.2, -0.15) is 0 Å². The molecular weight excluding hydrogens is 386 g/mol. The number of nitrogens with one attached hydrogen (secondary N) is 1. The van der Waals surface area contributed by atoms with Gasteiger partial charge < -0.3 is 19.5 Å². The third kappa shape index (κ3) is 6.92. The molecule has 0 saturated heterocycles. The van der Waals surface area contributed by atoms with Gasteiger partial charge in [-0.25, -0.2) is 4.79 Å². The van der Waals surface area contributed by atoms with Gasteiger partial charge in [0.25, 0.3) is 5.91 Å². The molecule has 2 aromatic rings. The van der Waals surface area contributed by atoms with Gasteiger partial charge in [0.1, 0.15) is 0 Å². The van der Waals surface area contributed by atoms with E-state index in [1.54, 1.807) is 12.1 Å². The number of ketones is 1. The van der Waals surface area contributed by atoms with Crippen molar-refractivity contribution >= 4 is 17.7 Å². The Hall–Kier alpha value is -3.35. The summed E-state index contributed by atoms with van der Waals surface area (Å²) in [4.78, 5) is 35.6. The number of Topliss-reactive ketones (excluding diaryl/α,β-unsaturated/α-hetero) is 1. The lowest BCUT2D eigenvalue weighted by Gasteiger charge is -2.18. The molecule has 30 heavy (non-hydrogen) atoms. The van der Waals surface area contributed by atoms with E-state index in [0.717, 1.165) is 18.4 Å². The van der Waals surface area contributed by atoms with Crippen LogP contribution in [0.25, 0.3) is 0 Å². The van der Waals surface area contributed by atoms with E-state index in [4.69, 9.17) is 14.2 Å². The van der Waals surface area contributed by atoms with E-state index in [2.05, 4.69) is 5.32 Å². The quantitative estimate of drug-likeness (QED) is 0.448. The lowest BCUT2D eigenvalue weighted by atomic mass is 10.0. The Labute approximate surface area is 176 Å². The standard InChI is InChI=1S/C23H27NO6/c1-4-8-19(17-9-6-5-7-10-17)24-22(26)14-30-23(27)15-29-20-12-11-18(16(2)25)13-21(20)28-3/h5-7,9-13,19H,4,8,14-15H2,1-3H3,(H,24,26)/t19-/m1/s1. The SMILES string of the molecule is CCC[C@@H](NC(=O)COC(=O)COc1ccc(C(C)=O)cc1OC)c1ccccc1. The van der Waals surface area contributed by atoms with Crippen molar-refractivity contribution in [1.82, 2.24) is 5.32 Å². The largest absolute Gasteiger partial charge is 0.493 e. The van der Waals surface area contributed by atoms with Crippen LogP contribution in [-0.4, -0.2) is 38.0 Å². The third-order valence-electron chi connectivity index (χ3n) is 4.39. The fraction of sp³-hybridized carbons (Fsp3) is 0.348. The molecule has 0 fully saturated rings. The summed E-state index contributed by atoms with van der Waals surface area (Å²) in [5, 5.41) is 2.89. The predicted molar refractivity (Wildman–Crippen MR) is 112 cm³/mol. The van der Waals surface area contributed by atoms with Crippen LogP contribution < -0.4 is 14.8 Å². The zero-order chi connectivity index (χ0) is 21.9. The minimum absolute atomic E-state index is 0.109. The van der Waals surface area contributed by atoms with Crippen molar-refractivity contribution < 1.29 is 28.6 Å². The molecular formula is C23H27NO6. The van der Waals surface area contributed by atoms with Gasteiger partial charge in [0, 0.05) is 5.56 Å². The lowest BCUT2D eigenvalue weighted by Crippen LogP contribution is -2.33. The molecule has 0 spiro atoms. The van der Waals surface area contributed by atoms with E-state index in [0.29, 0.717) is 17.1 Å². The topological polar surface area (TPSA) is 90.9 Å². The highest BCUT2D eigenvalue weighted by Gasteiger charge is 2.16. The number of esters is 1. The maximum Gasteiger partial charge on any atom is 0.344 e. The van der Waals surface area contributed by atoms with Crippen LogP contribution in [0.4, 0.5) is 0 Å². The van der Waals surface area contributed by atoms with Crippen molar-refractivity contribution in [1.29, 1.82) is 0 Å². The van der Waals surface area contributed by atoms with Crippen LogP contribution in [-0.2, 0) is 14.3 Å². The Morgan fingerprint density at radius 3 is 2.37 bits per heavy atom. The highest BCUT2D eigenvalue weighted by atomic mass is 16.6. The maximum atomic E-state index is 12.2. The van der Waals surface area contributed by atoms with E-state index >= 15 is 0 Å². The molecule has 160 valence electrons. The average Bonchev–Trinajstić information content (AvgIpc) is 2.76. The molecule has 0 aliphatic carbocycles. The third-order valence-corrected chi connectivity index (χ3v) is 4.39. The van der Waals surface area contributed by atoms with Crippen LogP contribution in [0.2, 0.25) is 0 Å². The Morgan fingerprint density at radius 2 is 1.73 bits per heavy atom. The first-order valence-electron chi connectivity index (χ1n) is 9.76. The molecule has 0 radical (unpaired) electrons. The fourth-order valence-corrected chi connectivity index (χ4v) is 2.86. The first kappa shape index (κ1) is 22.9. The Balaban J connectivity index is 1.84. The van der Waals surface area contributed by atoms with Crippen molar-refractivity contribution in [3.05, 3.63) is 59.7 Å². The molecule has 7 heteroatoms. The molecule has 0 heterocycles. The first-order chi connectivity index (χ1) is 14.4. The molecule has 0 unspecified atom stereocenters. The molecule has 0 aliphatic heterocycles. The highest BCUT2D eigenvalue weighted by molar-refractivity contribution is 5.94. The van der Waals surface area contributed by atoms with Crippen LogP contribution in [0.3, 0.4) is 0 Å². The lowest BCUT2D eigenvalue weighted by molar-refractivity contribution is -0.150. The van der Waals surface area contributed by atoms with Gasteiger partial charge >= 0.3 is 5.97 Å². The molecule has 0 aliphatic rings. The van der Waals surface area contributed by atoms with Gasteiger partial charge in [0.05, 0.1) is 13.2 Å². The summed E-state index contributed by atoms with van der Waals surface area (Å²) in [7, 11) is 1.44. The van der Waals surface area contributed by atoms with Crippen LogP contribution in [0, 0.1) is 0 Å². The number of ether oxygens (including phenoxy) is 3. The number of hydrogen-bond donors (Lipinski definition) is 1. The molecule has 2 rings (SSSR count). The zero-order valence-corrected chi connectivity index (χ0v) is 17.5. The zero-order valence-electron chi connectivity index (χ0n) is 17.5. The summed E-state index contributed by atoms with van der Waals surface area (Å²) in [5.41, 5.74) is 1.47. The molecule has 0 saturated carbocycles. The second-order valence-corrected chi connectivity index (χ2v) is 6.69. The van der Waals surface area contributed by atoms with Gasteiger partial charge in [-0.1, -0.05) is 43.7 Å². The van der Waals surface area contributed by atoms with Crippen LogP contribution in [0.5, 0.6) is 11.5 Å². The summed E-state index contributed by atoms with van der Waals surface area (Å²) in [6, 6.07) is 14.2. The summed E-state index contributed by atoms with van der Waals surface area (Å²) in [5.74, 6) is -0.541. The normalized spacial score (nSPS) is 11.3. The van der Waals surface area contributed by atoms with Gasteiger partial charge in [-0.3, -0.25) is 9.59 Å². The minimum Gasteiger partial charge on any atom is -0.493 e. The van der Waals surface area contributed by atoms with Gasteiger partial charge in [0.15, 0.2) is 30.5 Å². The van der Waals surface area contributed by atoms with Crippen molar-refractivity contribution in [2.75, 3.05) is 20.3 Å². The summed E-state index contributed by atoms with van der Waals surface area (Å²) in [6.07, 6.45) is 1.68. The predicted octanol–water partition coefficient (Wildman–Crippen LogP) is 3.48. The molecule has 7 nitrogen and oxygen atoms in total. The smallest absolute Gasteiger partial charge is 0.344 e. The summed E-state index contributed by atoms with van der Waals surface area (Å²) < 4.78 is 15.6. The molecule has 1 N–H and O–H groups in total. The van der Waals surface area contributed by atoms with E-state index in [1.165, 1.54) is 20.1 Å². The maximum absolute atomic E-state index is 12.2. The number of hydrogen-bond acceptors (Lipinski definition) is 6. The van der Waals surface area contributed by atoms with Crippen molar-refractivity contribution in [2.24, 2.45) is 0 Å².